The summed E-state index contributed by atoms with van der Waals surface area (Å²) in [4.78, 5) is 12.5. The number of nitrogens with one attached hydrogen (secondary N) is 1. The highest BCUT2D eigenvalue weighted by Gasteiger charge is 2.22. The lowest BCUT2D eigenvalue weighted by Crippen LogP contribution is -2.31. The van der Waals surface area contributed by atoms with Crippen molar-refractivity contribution in [2.75, 3.05) is 13.1 Å². The molecule has 0 unspecified atom stereocenters. The molecule has 7 heteroatoms. The summed E-state index contributed by atoms with van der Waals surface area (Å²) in [5.41, 5.74) is 3.91. The molecule has 1 N–H and O–H groups in total. The maximum absolute atomic E-state index is 12.6. The van der Waals surface area contributed by atoms with Gasteiger partial charge >= 0.3 is 0 Å². The number of carbonyl (C=O) groups is 1. The molecule has 2 rings (SSSR count). The Morgan fingerprint density at radius 3 is 2.44 bits per heavy atom. The van der Waals surface area contributed by atoms with Crippen LogP contribution in [0.25, 0.3) is 0 Å². The van der Waals surface area contributed by atoms with Crippen LogP contribution in [0.5, 0.6) is 0 Å². The van der Waals surface area contributed by atoms with Gasteiger partial charge in [0.15, 0.2) is 0 Å². The molecule has 0 saturated heterocycles. The molecule has 1 aromatic carbocycles. The lowest BCUT2D eigenvalue weighted by atomic mass is 9.85. The zero-order valence-electron chi connectivity index (χ0n) is 16.6. The molecule has 0 bridgehead atoms. The van der Waals surface area contributed by atoms with Gasteiger partial charge in [0.05, 0.1) is 4.90 Å². The van der Waals surface area contributed by atoms with Crippen molar-refractivity contribution in [1.82, 2.24) is 9.73 Å². The Morgan fingerprint density at radius 1 is 1.19 bits per heavy atom. The van der Waals surface area contributed by atoms with Crippen LogP contribution in [0.2, 0.25) is 0 Å². The first kappa shape index (κ1) is 21.6. The van der Waals surface area contributed by atoms with Crippen LogP contribution in [0.4, 0.5) is 0 Å². The van der Waals surface area contributed by atoms with Gasteiger partial charge in [-0.2, -0.15) is 9.41 Å². The van der Waals surface area contributed by atoms with Gasteiger partial charge in [0.2, 0.25) is 10.0 Å². The monoisotopic (exact) mass is 393 g/mol. The fourth-order valence-corrected chi connectivity index (χ4v) is 5.03. The molecule has 0 spiro atoms. The minimum Gasteiger partial charge on any atom is -0.267 e. The number of hydrazone groups is 1. The highest BCUT2D eigenvalue weighted by atomic mass is 32.2. The molecule has 1 amide bonds. The number of hydrogen-bond donors (Lipinski definition) is 1. The summed E-state index contributed by atoms with van der Waals surface area (Å²) in [5.74, 6) is 0.390. The molecule has 0 radical (unpaired) electrons. The predicted molar refractivity (Wildman–Crippen MR) is 108 cm³/mol. The maximum atomic E-state index is 12.6. The van der Waals surface area contributed by atoms with E-state index >= 15 is 0 Å². The molecular weight excluding hydrogens is 362 g/mol. The summed E-state index contributed by atoms with van der Waals surface area (Å²) in [7, 11) is -3.59. The van der Waals surface area contributed by atoms with Crippen molar-refractivity contribution in [1.29, 1.82) is 0 Å². The molecule has 1 saturated carbocycles. The van der Waals surface area contributed by atoms with E-state index in [2.05, 4.69) is 17.5 Å². The van der Waals surface area contributed by atoms with Crippen LogP contribution in [0.3, 0.4) is 0 Å². The third-order valence-corrected chi connectivity index (χ3v) is 7.18. The minimum absolute atomic E-state index is 0.131. The number of nitrogens with zero attached hydrogens (tertiary/aromatic N) is 2. The van der Waals surface area contributed by atoms with Crippen LogP contribution < -0.4 is 5.43 Å². The number of hydrogen-bond acceptors (Lipinski definition) is 4. The number of amides is 1. The van der Waals surface area contributed by atoms with Gasteiger partial charge in [-0.05, 0) is 49.8 Å². The van der Waals surface area contributed by atoms with Gasteiger partial charge < -0.3 is 0 Å². The SMILES string of the molecule is CCCC1CCC(=NNC(=O)c2cccc(S(=O)(=O)N(CC)CC)c2)CC1. The third-order valence-electron chi connectivity index (χ3n) is 5.13. The fraction of sp³-hybridized carbons (Fsp3) is 0.600. The lowest BCUT2D eigenvalue weighted by molar-refractivity contribution is 0.0954. The molecule has 1 aliphatic carbocycles. The molecule has 6 nitrogen and oxygen atoms in total. The Bertz CT molecular complexity index is 760. The van der Waals surface area contributed by atoms with Crippen LogP contribution in [0.15, 0.2) is 34.3 Å². The number of carbonyl (C=O) groups excluding carboxylic acids is 1. The van der Waals surface area contributed by atoms with E-state index in [1.165, 1.54) is 29.3 Å². The molecule has 1 aromatic rings. The van der Waals surface area contributed by atoms with Crippen LogP contribution in [0.1, 0.15) is 69.7 Å². The van der Waals surface area contributed by atoms with E-state index in [9.17, 15) is 13.2 Å². The molecule has 0 heterocycles. The number of rotatable bonds is 8. The lowest BCUT2D eigenvalue weighted by Gasteiger charge is -2.22. The summed E-state index contributed by atoms with van der Waals surface area (Å²) in [6, 6.07) is 6.13. The second-order valence-electron chi connectivity index (χ2n) is 6.97. The Balaban J connectivity index is 2.05. The Labute approximate surface area is 163 Å². The zero-order chi connectivity index (χ0) is 19.9. The molecule has 0 aliphatic heterocycles. The molecular formula is C20H31N3O3S. The van der Waals surface area contributed by atoms with Crippen molar-refractivity contribution in [2.45, 2.75) is 64.2 Å². The Kier molecular flexibility index (Phi) is 7.98. The second kappa shape index (κ2) is 9.99. The highest BCUT2D eigenvalue weighted by Crippen LogP contribution is 2.26. The quantitative estimate of drug-likeness (QED) is 0.683. The van der Waals surface area contributed by atoms with E-state index in [0.717, 1.165) is 37.3 Å². The van der Waals surface area contributed by atoms with Gasteiger partial charge in [0, 0.05) is 24.4 Å². The van der Waals surface area contributed by atoms with Crippen molar-refractivity contribution in [2.24, 2.45) is 11.0 Å². The normalized spacial score (nSPS) is 17.8. The molecule has 1 fully saturated rings. The fourth-order valence-electron chi connectivity index (χ4n) is 3.52. The maximum Gasteiger partial charge on any atom is 0.271 e. The molecule has 27 heavy (non-hydrogen) atoms. The molecule has 0 atom stereocenters. The van der Waals surface area contributed by atoms with E-state index in [4.69, 9.17) is 0 Å². The Morgan fingerprint density at radius 2 is 1.85 bits per heavy atom. The number of benzene rings is 1. The second-order valence-corrected chi connectivity index (χ2v) is 8.91. The standard InChI is InChI=1S/C20H31N3O3S/c1-4-8-16-11-13-18(14-12-16)21-22-20(24)17-9-7-10-19(15-17)27(25,26)23(5-2)6-3/h7,9-10,15-16H,4-6,8,11-14H2,1-3H3,(H,22,24). The topological polar surface area (TPSA) is 78.8 Å². The predicted octanol–water partition coefficient (Wildman–Crippen LogP) is 3.79. The number of sulfonamides is 1. The largest absolute Gasteiger partial charge is 0.271 e. The van der Waals surface area contributed by atoms with E-state index < -0.39 is 10.0 Å². The van der Waals surface area contributed by atoms with Crippen molar-refractivity contribution in [3.05, 3.63) is 29.8 Å². The van der Waals surface area contributed by atoms with Crippen LogP contribution in [-0.2, 0) is 10.0 Å². The highest BCUT2D eigenvalue weighted by molar-refractivity contribution is 7.89. The summed E-state index contributed by atoms with van der Waals surface area (Å²) in [6.07, 6.45) is 6.55. The van der Waals surface area contributed by atoms with Gasteiger partial charge in [-0.15, -0.1) is 0 Å². The summed E-state index contributed by atoms with van der Waals surface area (Å²) in [5, 5.41) is 4.27. The van der Waals surface area contributed by atoms with E-state index in [1.807, 2.05) is 0 Å². The van der Waals surface area contributed by atoms with Crippen molar-refractivity contribution < 1.29 is 13.2 Å². The van der Waals surface area contributed by atoms with Crippen LogP contribution in [0, 0.1) is 5.92 Å². The first-order chi connectivity index (χ1) is 12.9. The minimum atomic E-state index is -3.59. The van der Waals surface area contributed by atoms with E-state index in [0.29, 0.717) is 18.7 Å². The summed E-state index contributed by atoms with van der Waals surface area (Å²) >= 11 is 0. The van der Waals surface area contributed by atoms with E-state index in [-0.39, 0.29) is 10.8 Å². The average Bonchev–Trinajstić information content (AvgIpc) is 2.68. The summed E-state index contributed by atoms with van der Waals surface area (Å²) in [6.45, 7) is 6.58. The van der Waals surface area contributed by atoms with Crippen molar-refractivity contribution >= 4 is 21.6 Å². The average molecular weight is 394 g/mol. The Hall–Kier alpha value is -1.73. The third kappa shape index (κ3) is 5.62. The zero-order valence-corrected chi connectivity index (χ0v) is 17.4. The molecule has 1 aliphatic rings. The molecule has 0 aromatic heterocycles. The van der Waals surface area contributed by atoms with Crippen molar-refractivity contribution in [3.8, 4) is 0 Å². The first-order valence-corrected chi connectivity index (χ1v) is 11.3. The smallest absolute Gasteiger partial charge is 0.267 e. The molecule has 150 valence electrons. The van der Waals surface area contributed by atoms with Gasteiger partial charge in [-0.25, -0.2) is 13.8 Å². The van der Waals surface area contributed by atoms with Crippen LogP contribution >= 0.6 is 0 Å². The van der Waals surface area contributed by atoms with Crippen molar-refractivity contribution in [3.63, 3.8) is 0 Å². The first-order valence-electron chi connectivity index (χ1n) is 9.88. The van der Waals surface area contributed by atoms with Crippen LogP contribution in [-0.4, -0.2) is 37.4 Å². The van der Waals surface area contributed by atoms with E-state index in [1.54, 1.807) is 26.0 Å². The summed E-state index contributed by atoms with van der Waals surface area (Å²) < 4.78 is 26.6. The van der Waals surface area contributed by atoms with Gasteiger partial charge in [-0.1, -0.05) is 39.7 Å². The van der Waals surface area contributed by atoms with Gasteiger partial charge in [0.25, 0.3) is 5.91 Å². The van der Waals surface area contributed by atoms with Gasteiger partial charge in [-0.3, -0.25) is 4.79 Å². The van der Waals surface area contributed by atoms with Gasteiger partial charge in [0.1, 0.15) is 0 Å².